The Labute approximate surface area is 175 Å². The first-order valence-electron chi connectivity index (χ1n) is 9.28. The van der Waals surface area contributed by atoms with Crippen LogP contribution in [0.25, 0.3) is 5.57 Å². The van der Waals surface area contributed by atoms with Crippen LogP contribution in [0.5, 0.6) is 0 Å². The van der Waals surface area contributed by atoms with Crippen molar-refractivity contribution in [2.24, 2.45) is 5.92 Å². The molecule has 0 aromatic heterocycles. The van der Waals surface area contributed by atoms with Gasteiger partial charge in [-0.1, -0.05) is 19.9 Å². The van der Waals surface area contributed by atoms with Gasteiger partial charge in [0.15, 0.2) is 0 Å². The van der Waals surface area contributed by atoms with Gasteiger partial charge in [-0.2, -0.15) is 13.2 Å². The van der Waals surface area contributed by atoms with Crippen LogP contribution in [0, 0.1) is 16.0 Å². The van der Waals surface area contributed by atoms with Crippen LogP contribution in [0.2, 0.25) is 0 Å². The molecular weight excluding hydrogens is 415 g/mol. The summed E-state index contributed by atoms with van der Waals surface area (Å²) in [4.78, 5) is 37.3. The second kappa shape index (κ2) is 8.21. The number of halogens is 3. The maximum absolute atomic E-state index is 13.0. The van der Waals surface area contributed by atoms with E-state index in [1.165, 1.54) is 36.4 Å². The van der Waals surface area contributed by atoms with Crippen molar-refractivity contribution in [3.05, 3.63) is 75.5 Å². The van der Waals surface area contributed by atoms with E-state index in [2.05, 4.69) is 5.32 Å². The Morgan fingerprint density at radius 2 is 1.71 bits per heavy atom. The van der Waals surface area contributed by atoms with Crippen molar-refractivity contribution in [3.8, 4) is 0 Å². The second-order valence-electron chi connectivity index (χ2n) is 7.37. The van der Waals surface area contributed by atoms with Crippen molar-refractivity contribution in [2.45, 2.75) is 20.0 Å². The predicted molar refractivity (Wildman–Crippen MR) is 107 cm³/mol. The number of non-ortho nitro benzene ring substituents is 1. The van der Waals surface area contributed by atoms with Gasteiger partial charge in [-0.05, 0) is 41.8 Å². The topological polar surface area (TPSA) is 92.6 Å². The van der Waals surface area contributed by atoms with Crippen LogP contribution in [0.3, 0.4) is 0 Å². The fourth-order valence-electron chi connectivity index (χ4n) is 3.16. The third-order valence-corrected chi connectivity index (χ3v) is 4.54. The molecule has 2 amide bonds. The lowest BCUT2D eigenvalue weighted by Crippen LogP contribution is -2.35. The highest BCUT2D eigenvalue weighted by molar-refractivity contribution is 6.36. The maximum Gasteiger partial charge on any atom is 0.416 e. The largest absolute Gasteiger partial charge is 0.416 e. The van der Waals surface area contributed by atoms with Crippen molar-refractivity contribution in [3.63, 3.8) is 0 Å². The highest BCUT2D eigenvalue weighted by Crippen LogP contribution is 2.34. The molecule has 0 bridgehead atoms. The molecule has 2 aromatic rings. The van der Waals surface area contributed by atoms with Gasteiger partial charge < -0.3 is 5.32 Å². The van der Waals surface area contributed by atoms with Crippen molar-refractivity contribution in [1.82, 2.24) is 4.90 Å². The minimum atomic E-state index is -4.58. The fourth-order valence-corrected chi connectivity index (χ4v) is 3.16. The van der Waals surface area contributed by atoms with Gasteiger partial charge in [-0.15, -0.1) is 0 Å². The highest BCUT2D eigenvalue weighted by Gasteiger charge is 2.39. The standard InChI is InChI=1S/C21H18F3N3O4/c1-12(2)11-26-19(28)17(13-6-8-16(9-7-13)27(30)31)18(20(26)29)25-15-5-3-4-14(10-15)21(22,23)24/h3-10,12,25H,11H2,1-2H3. The number of nitro groups is 1. The number of nitro benzene ring substituents is 1. The van der Waals surface area contributed by atoms with E-state index in [1.54, 1.807) is 0 Å². The molecule has 1 aliphatic heterocycles. The smallest absolute Gasteiger partial charge is 0.350 e. The van der Waals surface area contributed by atoms with Gasteiger partial charge in [0.25, 0.3) is 17.5 Å². The number of nitrogens with zero attached hydrogens (tertiary/aromatic N) is 2. The molecule has 0 unspecified atom stereocenters. The summed E-state index contributed by atoms with van der Waals surface area (Å²) in [6.07, 6.45) is -4.58. The molecule has 0 radical (unpaired) electrons. The van der Waals surface area contributed by atoms with Gasteiger partial charge in [0, 0.05) is 24.4 Å². The van der Waals surface area contributed by atoms with Crippen LogP contribution >= 0.6 is 0 Å². The van der Waals surface area contributed by atoms with E-state index in [0.29, 0.717) is 0 Å². The van der Waals surface area contributed by atoms with Gasteiger partial charge in [-0.25, -0.2) is 0 Å². The number of nitrogens with one attached hydrogen (secondary N) is 1. The zero-order valence-corrected chi connectivity index (χ0v) is 16.6. The van der Waals surface area contributed by atoms with Crippen molar-refractivity contribution in [1.29, 1.82) is 0 Å². The molecule has 7 nitrogen and oxygen atoms in total. The molecule has 3 rings (SSSR count). The summed E-state index contributed by atoms with van der Waals surface area (Å²) in [7, 11) is 0. The van der Waals surface area contributed by atoms with Crippen LogP contribution in [-0.4, -0.2) is 28.2 Å². The van der Waals surface area contributed by atoms with E-state index >= 15 is 0 Å². The van der Waals surface area contributed by atoms with Crippen LogP contribution < -0.4 is 5.32 Å². The molecule has 2 aromatic carbocycles. The summed E-state index contributed by atoms with van der Waals surface area (Å²) in [5.41, 5.74) is -1.13. The molecule has 0 aliphatic carbocycles. The molecule has 0 saturated heterocycles. The second-order valence-corrected chi connectivity index (χ2v) is 7.37. The molecule has 0 spiro atoms. The molecule has 1 aliphatic rings. The van der Waals surface area contributed by atoms with Crippen LogP contribution in [0.1, 0.15) is 25.0 Å². The summed E-state index contributed by atoms with van der Waals surface area (Å²) >= 11 is 0. The summed E-state index contributed by atoms with van der Waals surface area (Å²) in [6.45, 7) is 3.73. The number of carbonyl (C=O) groups is 2. The van der Waals surface area contributed by atoms with Gasteiger partial charge in [0.2, 0.25) is 0 Å². The normalized spacial score (nSPS) is 14.6. The number of benzene rings is 2. The fraction of sp³-hybridized carbons (Fsp3) is 0.238. The number of hydrogen-bond donors (Lipinski definition) is 1. The van der Waals surface area contributed by atoms with E-state index in [0.717, 1.165) is 17.0 Å². The first kappa shape index (κ1) is 22.0. The number of anilines is 1. The number of imide groups is 1. The molecule has 1 N–H and O–H groups in total. The highest BCUT2D eigenvalue weighted by atomic mass is 19.4. The third kappa shape index (κ3) is 4.57. The molecule has 1 heterocycles. The van der Waals surface area contributed by atoms with Gasteiger partial charge in [0.1, 0.15) is 5.70 Å². The van der Waals surface area contributed by atoms with Crippen molar-refractivity contribution in [2.75, 3.05) is 11.9 Å². The van der Waals surface area contributed by atoms with Crippen LogP contribution in [0.4, 0.5) is 24.5 Å². The Morgan fingerprint density at radius 3 is 2.26 bits per heavy atom. The molecule has 10 heteroatoms. The molecular formula is C21H18F3N3O4. The predicted octanol–water partition coefficient (Wildman–Crippen LogP) is 4.46. The monoisotopic (exact) mass is 433 g/mol. The lowest BCUT2D eigenvalue weighted by Gasteiger charge is -2.17. The number of alkyl halides is 3. The van der Waals surface area contributed by atoms with Gasteiger partial charge >= 0.3 is 6.18 Å². The summed E-state index contributed by atoms with van der Waals surface area (Å²) in [5.74, 6) is -1.34. The van der Waals surface area contributed by atoms with E-state index in [4.69, 9.17) is 0 Å². The molecule has 31 heavy (non-hydrogen) atoms. The summed E-state index contributed by atoms with van der Waals surface area (Å²) in [6, 6.07) is 9.28. The average molecular weight is 433 g/mol. The molecule has 0 fully saturated rings. The number of rotatable bonds is 6. The maximum atomic E-state index is 13.0. The van der Waals surface area contributed by atoms with Gasteiger partial charge in [-0.3, -0.25) is 24.6 Å². The van der Waals surface area contributed by atoms with Gasteiger partial charge in [0.05, 0.1) is 16.1 Å². The number of hydrogen-bond acceptors (Lipinski definition) is 5. The summed E-state index contributed by atoms with van der Waals surface area (Å²) < 4.78 is 39.1. The van der Waals surface area contributed by atoms with E-state index < -0.39 is 28.5 Å². The lowest BCUT2D eigenvalue weighted by atomic mass is 10.0. The Morgan fingerprint density at radius 1 is 1.06 bits per heavy atom. The van der Waals surface area contributed by atoms with E-state index in [1.807, 2.05) is 13.8 Å². The molecule has 0 atom stereocenters. The van der Waals surface area contributed by atoms with Crippen molar-refractivity contribution >= 4 is 28.8 Å². The Hall–Kier alpha value is -3.69. The average Bonchev–Trinajstić information content (AvgIpc) is 2.91. The Balaban J connectivity index is 2.07. The lowest BCUT2D eigenvalue weighted by molar-refractivity contribution is -0.384. The minimum Gasteiger partial charge on any atom is -0.350 e. The molecule has 162 valence electrons. The zero-order valence-electron chi connectivity index (χ0n) is 16.6. The first-order chi connectivity index (χ1) is 14.5. The van der Waals surface area contributed by atoms with E-state index in [-0.39, 0.29) is 40.7 Å². The first-order valence-corrected chi connectivity index (χ1v) is 9.28. The summed E-state index contributed by atoms with van der Waals surface area (Å²) in [5, 5.41) is 13.6. The SMILES string of the molecule is CC(C)CN1C(=O)C(Nc2cccc(C(F)(F)F)c2)=C(c2ccc([N+](=O)[O-])cc2)C1=O. The minimum absolute atomic E-state index is 0.0169. The number of amides is 2. The zero-order chi connectivity index (χ0) is 22.9. The number of carbonyl (C=O) groups excluding carboxylic acids is 2. The van der Waals surface area contributed by atoms with Crippen LogP contribution in [-0.2, 0) is 15.8 Å². The van der Waals surface area contributed by atoms with Crippen LogP contribution in [0.15, 0.2) is 54.2 Å². The van der Waals surface area contributed by atoms with Crippen molar-refractivity contribution < 1.29 is 27.7 Å². The Bertz CT molecular complexity index is 1080. The molecule has 0 saturated carbocycles. The Kier molecular flexibility index (Phi) is 5.83. The quantitative estimate of drug-likeness (QED) is 0.413. The third-order valence-electron chi connectivity index (χ3n) is 4.54. The van der Waals surface area contributed by atoms with E-state index in [9.17, 15) is 32.9 Å².